The fourth-order valence-electron chi connectivity index (χ4n) is 3.11. The van der Waals surface area contributed by atoms with Gasteiger partial charge >= 0.3 is 5.97 Å². The van der Waals surface area contributed by atoms with Crippen LogP contribution in [0.15, 0.2) is 24.3 Å². The Morgan fingerprint density at radius 3 is 2.59 bits per heavy atom. The lowest BCUT2D eigenvalue weighted by Crippen LogP contribution is -2.15. The van der Waals surface area contributed by atoms with Gasteiger partial charge in [-0.2, -0.15) is 0 Å². The molecule has 0 radical (unpaired) electrons. The lowest BCUT2D eigenvalue weighted by Gasteiger charge is -2.09. The van der Waals surface area contributed by atoms with Crippen LogP contribution >= 0.6 is 0 Å². The number of benzene rings is 1. The van der Waals surface area contributed by atoms with Crippen molar-refractivity contribution in [3.8, 4) is 0 Å². The Kier molecular flexibility index (Phi) is 7.49. The topological polar surface area (TPSA) is 113 Å². The molecule has 0 atom stereocenters. The summed E-state index contributed by atoms with van der Waals surface area (Å²) in [6.07, 6.45) is 0.816. The van der Waals surface area contributed by atoms with Crippen molar-refractivity contribution in [2.45, 2.75) is 26.8 Å². The van der Waals surface area contributed by atoms with Crippen LogP contribution in [0, 0.1) is 24.0 Å². The van der Waals surface area contributed by atoms with Crippen molar-refractivity contribution in [1.29, 1.82) is 0 Å². The minimum Gasteiger partial charge on any atom is -0.454 e. The molecule has 1 aromatic heterocycles. The number of nitrogens with one attached hydrogen (secondary N) is 1. The number of carbonyl (C=O) groups excluding carboxylic acids is 2. The second-order valence-corrected chi connectivity index (χ2v) is 6.52. The molecule has 0 aliphatic carbocycles. The van der Waals surface area contributed by atoms with Crippen LogP contribution in [0.1, 0.15) is 38.5 Å². The van der Waals surface area contributed by atoms with Crippen LogP contribution in [-0.4, -0.2) is 48.6 Å². The third-order valence-corrected chi connectivity index (χ3v) is 4.64. The Morgan fingerprint density at radius 1 is 1.24 bits per heavy atom. The number of esters is 1. The highest BCUT2D eigenvalue weighted by molar-refractivity contribution is 6.00. The highest BCUT2D eigenvalue weighted by atomic mass is 16.6. The van der Waals surface area contributed by atoms with E-state index >= 15 is 0 Å². The Labute approximate surface area is 168 Å². The van der Waals surface area contributed by atoms with E-state index in [0.717, 1.165) is 30.4 Å². The standard InChI is InChI=1S/C20H25N3O6/c1-13-10-16(14(2)22(13)8-5-9-28-4)19(24)12-29-20(25)15-6-7-17(21-3)18(11-15)23(26)27/h6-7,10-11,21H,5,8-9,12H2,1-4H3. The van der Waals surface area contributed by atoms with Gasteiger partial charge in [-0.3, -0.25) is 14.9 Å². The van der Waals surface area contributed by atoms with Gasteiger partial charge < -0.3 is 19.4 Å². The molecule has 0 spiro atoms. The molecule has 0 amide bonds. The maximum absolute atomic E-state index is 12.5. The fourth-order valence-corrected chi connectivity index (χ4v) is 3.11. The fraction of sp³-hybridized carbons (Fsp3) is 0.400. The van der Waals surface area contributed by atoms with Crippen LogP contribution in [0.4, 0.5) is 11.4 Å². The highest BCUT2D eigenvalue weighted by Crippen LogP contribution is 2.25. The highest BCUT2D eigenvalue weighted by Gasteiger charge is 2.20. The molecule has 0 bridgehead atoms. The van der Waals surface area contributed by atoms with Crippen molar-refractivity contribution in [1.82, 2.24) is 4.57 Å². The van der Waals surface area contributed by atoms with E-state index in [0.29, 0.717) is 12.2 Å². The van der Waals surface area contributed by atoms with E-state index in [9.17, 15) is 19.7 Å². The van der Waals surface area contributed by atoms with Crippen LogP contribution < -0.4 is 5.32 Å². The van der Waals surface area contributed by atoms with E-state index in [1.54, 1.807) is 20.2 Å². The van der Waals surface area contributed by atoms with E-state index in [-0.39, 0.29) is 22.7 Å². The molecule has 29 heavy (non-hydrogen) atoms. The number of rotatable bonds is 10. The van der Waals surface area contributed by atoms with Gasteiger partial charge in [0.1, 0.15) is 5.69 Å². The van der Waals surface area contributed by atoms with Crippen molar-refractivity contribution >= 4 is 23.1 Å². The second-order valence-electron chi connectivity index (χ2n) is 6.52. The summed E-state index contributed by atoms with van der Waals surface area (Å²) in [4.78, 5) is 35.3. The van der Waals surface area contributed by atoms with Crippen LogP contribution in [0.2, 0.25) is 0 Å². The van der Waals surface area contributed by atoms with E-state index in [1.165, 1.54) is 12.1 Å². The monoisotopic (exact) mass is 403 g/mol. The molecule has 0 saturated heterocycles. The smallest absolute Gasteiger partial charge is 0.338 e. The van der Waals surface area contributed by atoms with Gasteiger partial charge in [-0.05, 0) is 38.5 Å². The summed E-state index contributed by atoms with van der Waals surface area (Å²) in [5.41, 5.74) is 2.27. The van der Waals surface area contributed by atoms with Gasteiger partial charge in [0.05, 0.1) is 10.5 Å². The van der Waals surface area contributed by atoms with E-state index < -0.39 is 17.5 Å². The largest absolute Gasteiger partial charge is 0.454 e. The molecule has 0 saturated carbocycles. The molecule has 0 aliphatic rings. The molecule has 0 aliphatic heterocycles. The molecule has 1 N–H and O–H groups in total. The first-order chi connectivity index (χ1) is 13.8. The zero-order valence-corrected chi connectivity index (χ0v) is 17.0. The molecule has 1 heterocycles. The number of carbonyl (C=O) groups is 2. The number of ether oxygens (including phenoxy) is 2. The van der Waals surface area contributed by atoms with Crippen LogP contribution in [0.5, 0.6) is 0 Å². The summed E-state index contributed by atoms with van der Waals surface area (Å²) in [5.74, 6) is -1.12. The van der Waals surface area contributed by atoms with E-state index in [1.807, 2.05) is 18.4 Å². The number of nitro benzene ring substituents is 1. The number of methoxy groups -OCH3 is 1. The minimum atomic E-state index is -0.794. The van der Waals surface area contributed by atoms with Crippen molar-refractivity contribution in [2.75, 3.05) is 32.7 Å². The van der Waals surface area contributed by atoms with Crippen molar-refractivity contribution in [3.05, 3.63) is 56.9 Å². The normalized spacial score (nSPS) is 10.6. The lowest BCUT2D eigenvalue weighted by molar-refractivity contribution is -0.384. The van der Waals surface area contributed by atoms with Gasteiger partial charge in [0, 0.05) is 50.3 Å². The summed E-state index contributed by atoms with van der Waals surface area (Å²) in [7, 11) is 3.18. The van der Waals surface area contributed by atoms with E-state index in [4.69, 9.17) is 9.47 Å². The Bertz CT molecular complexity index is 919. The first-order valence-electron chi connectivity index (χ1n) is 9.12. The summed E-state index contributed by atoms with van der Waals surface area (Å²) in [5, 5.41) is 13.8. The number of anilines is 1. The summed E-state index contributed by atoms with van der Waals surface area (Å²) in [6.45, 7) is 4.65. The third-order valence-electron chi connectivity index (χ3n) is 4.64. The zero-order chi connectivity index (χ0) is 21.6. The van der Waals surface area contributed by atoms with Gasteiger partial charge in [-0.15, -0.1) is 0 Å². The third kappa shape index (κ3) is 5.20. The number of hydrogen-bond donors (Lipinski definition) is 1. The Hall–Kier alpha value is -3.20. The maximum atomic E-state index is 12.5. The van der Waals surface area contributed by atoms with Crippen molar-refractivity contribution in [3.63, 3.8) is 0 Å². The molecule has 156 valence electrons. The Morgan fingerprint density at radius 2 is 1.97 bits per heavy atom. The molecule has 9 nitrogen and oxygen atoms in total. The first kappa shape index (κ1) is 22.1. The summed E-state index contributed by atoms with van der Waals surface area (Å²) in [6, 6.07) is 5.72. The zero-order valence-electron chi connectivity index (χ0n) is 17.0. The van der Waals surface area contributed by atoms with Gasteiger partial charge in [-0.1, -0.05) is 0 Å². The van der Waals surface area contributed by atoms with Gasteiger partial charge in [0.15, 0.2) is 6.61 Å². The molecule has 0 fully saturated rings. The molecular weight excluding hydrogens is 378 g/mol. The summed E-state index contributed by atoms with van der Waals surface area (Å²) < 4.78 is 12.2. The van der Waals surface area contributed by atoms with Gasteiger partial charge in [0.2, 0.25) is 5.78 Å². The average Bonchev–Trinajstić information content (AvgIpc) is 2.99. The molecule has 2 rings (SSSR count). The number of Topliss-reactive ketones (excluding diaryl/α,β-unsaturated/α-hetero) is 1. The maximum Gasteiger partial charge on any atom is 0.338 e. The summed E-state index contributed by atoms with van der Waals surface area (Å²) >= 11 is 0. The number of hydrogen-bond acceptors (Lipinski definition) is 7. The molecule has 9 heteroatoms. The average molecular weight is 403 g/mol. The van der Waals surface area contributed by atoms with Crippen LogP contribution in [0.25, 0.3) is 0 Å². The molecule has 2 aromatic rings. The lowest BCUT2D eigenvalue weighted by atomic mass is 10.1. The first-order valence-corrected chi connectivity index (χ1v) is 9.12. The van der Waals surface area contributed by atoms with Gasteiger partial charge in [0.25, 0.3) is 5.69 Å². The predicted molar refractivity (Wildman–Crippen MR) is 108 cm³/mol. The molecule has 0 unspecified atom stereocenters. The van der Waals surface area contributed by atoms with Crippen molar-refractivity contribution in [2.24, 2.45) is 0 Å². The molecular formula is C20H25N3O6. The quantitative estimate of drug-likeness (QED) is 0.213. The number of nitrogens with zero attached hydrogens (tertiary/aromatic N) is 2. The SMILES string of the molecule is CNc1ccc(C(=O)OCC(=O)c2cc(C)n(CCCOC)c2C)cc1[N+](=O)[O-]. The second kappa shape index (κ2) is 9.83. The minimum absolute atomic E-state index is 0.00791. The van der Waals surface area contributed by atoms with E-state index in [2.05, 4.69) is 5.32 Å². The van der Waals surface area contributed by atoms with Gasteiger partial charge in [-0.25, -0.2) is 4.79 Å². The Balaban J connectivity index is 2.07. The number of aryl methyl sites for hydroxylation is 1. The number of nitro groups is 1. The number of ketones is 1. The van der Waals surface area contributed by atoms with Crippen LogP contribution in [0.3, 0.4) is 0 Å². The number of aromatic nitrogens is 1. The van der Waals surface area contributed by atoms with Crippen LogP contribution in [-0.2, 0) is 16.0 Å². The predicted octanol–water partition coefficient (Wildman–Crippen LogP) is 3.13. The van der Waals surface area contributed by atoms with Crippen molar-refractivity contribution < 1.29 is 24.0 Å². The molecule has 1 aromatic carbocycles.